The standard InChI is InChI=1S/C14H16N4O2/c1-9-7-12(18-14(16-9)17-10-4-5-10)13(19)15-8-11-3-2-6-20-11/h2-3,6-7,10H,4-5,8H2,1H3,(H,15,19)(H,16,17,18). The minimum Gasteiger partial charge on any atom is -0.467 e. The van der Waals surface area contributed by atoms with E-state index in [2.05, 4.69) is 20.6 Å². The van der Waals surface area contributed by atoms with Crippen LogP contribution in [0, 0.1) is 6.92 Å². The van der Waals surface area contributed by atoms with Crippen LogP contribution in [0.2, 0.25) is 0 Å². The molecule has 104 valence electrons. The van der Waals surface area contributed by atoms with E-state index in [0.29, 0.717) is 30.0 Å². The molecular formula is C14H16N4O2. The highest BCUT2D eigenvalue weighted by atomic mass is 16.3. The zero-order valence-electron chi connectivity index (χ0n) is 11.2. The summed E-state index contributed by atoms with van der Waals surface area (Å²) in [6, 6.07) is 5.73. The lowest BCUT2D eigenvalue weighted by Gasteiger charge is -2.07. The highest BCUT2D eigenvalue weighted by molar-refractivity contribution is 5.92. The summed E-state index contributed by atoms with van der Waals surface area (Å²) in [4.78, 5) is 20.6. The smallest absolute Gasteiger partial charge is 0.270 e. The predicted molar refractivity (Wildman–Crippen MR) is 73.3 cm³/mol. The van der Waals surface area contributed by atoms with Gasteiger partial charge >= 0.3 is 0 Å². The number of furan rings is 1. The molecule has 1 aliphatic carbocycles. The lowest BCUT2D eigenvalue weighted by Crippen LogP contribution is -2.24. The molecule has 3 rings (SSSR count). The molecule has 0 saturated heterocycles. The molecule has 2 aromatic rings. The van der Waals surface area contributed by atoms with Gasteiger partial charge in [0, 0.05) is 11.7 Å². The fourth-order valence-electron chi connectivity index (χ4n) is 1.83. The van der Waals surface area contributed by atoms with Crippen molar-refractivity contribution in [3.63, 3.8) is 0 Å². The molecule has 0 aromatic carbocycles. The van der Waals surface area contributed by atoms with Crippen LogP contribution in [0.1, 0.15) is 34.8 Å². The van der Waals surface area contributed by atoms with Gasteiger partial charge in [-0.15, -0.1) is 0 Å². The molecule has 0 radical (unpaired) electrons. The Morgan fingerprint density at radius 3 is 3.00 bits per heavy atom. The average Bonchev–Trinajstić information content (AvgIpc) is 3.07. The van der Waals surface area contributed by atoms with Crippen LogP contribution < -0.4 is 10.6 Å². The number of carbonyl (C=O) groups is 1. The molecule has 20 heavy (non-hydrogen) atoms. The molecule has 1 amide bonds. The number of rotatable bonds is 5. The lowest BCUT2D eigenvalue weighted by molar-refractivity contribution is 0.0943. The lowest BCUT2D eigenvalue weighted by atomic mass is 10.3. The van der Waals surface area contributed by atoms with Crippen molar-refractivity contribution in [3.05, 3.63) is 41.6 Å². The van der Waals surface area contributed by atoms with Gasteiger partial charge in [0.15, 0.2) is 0 Å². The van der Waals surface area contributed by atoms with E-state index in [1.807, 2.05) is 13.0 Å². The van der Waals surface area contributed by atoms with Crippen LogP contribution in [0.25, 0.3) is 0 Å². The summed E-state index contributed by atoms with van der Waals surface area (Å²) in [6.07, 6.45) is 3.85. The third kappa shape index (κ3) is 3.14. The van der Waals surface area contributed by atoms with E-state index in [4.69, 9.17) is 4.42 Å². The van der Waals surface area contributed by atoms with Crippen LogP contribution in [0.5, 0.6) is 0 Å². The summed E-state index contributed by atoms with van der Waals surface area (Å²) in [5.41, 5.74) is 1.14. The number of anilines is 1. The zero-order valence-corrected chi connectivity index (χ0v) is 11.2. The normalized spacial score (nSPS) is 14.1. The van der Waals surface area contributed by atoms with E-state index in [0.717, 1.165) is 18.5 Å². The van der Waals surface area contributed by atoms with E-state index in [9.17, 15) is 4.79 Å². The minimum absolute atomic E-state index is 0.231. The first kappa shape index (κ1) is 12.7. The summed E-state index contributed by atoms with van der Waals surface area (Å²) in [5.74, 6) is 1.00. The van der Waals surface area contributed by atoms with Crippen molar-refractivity contribution in [2.24, 2.45) is 0 Å². The summed E-state index contributed by atoms with van der Waals surface area (Å²) in [5, 5.41) is 5.97. The average molecular weight is 272 g/mol. The fourth-order valence-corrected chi connectivity index (χ4v) is 1.83. The number of aromatic nitrogens is 2. The van der Waals surface area contributed by atoms with Crippen LogP contribution in [0.3, 0.4) is 0 Å². The maximum absolute atomic E-state index is 12.1. The van der Waals surface area contributed by atoms with Gasteiger partial charge in [-0.25, -0.2) is 9.97 Å². The molecule has 0 aliphatic heterocycles. The largest absolute Gasteiger partial charge is 0.467 e. The molecule has 1 fully saturated rings. The molecule has 0 atom stereocenters. The van der Waals surface area contributed by atoms with Gasteiger partial charge in [-0.3, -0.25) is 4.79 Å². The summed E-state index contributed by atoms with van der Waals surface area (Å²) in [6.45, 7) is 2.20. The number of carbonyl (C=O) groups excluding carboxylic acids is 1. The van der Waals surface area contributed by atoms with Gasteiger partial charge in [-0.1, -0.05) is 0 Å². The molecule has 0 unspecified atom stereocenters. The Kier molecular flexibility index (Phi) is 3.37. The van der Waals surface area contributed by atoms with E-state index in [1.54, 1.807) is 18.4 Å². The SMILES string of the molecule is Cc1cc(C(=O)NCc2ccco2)nc(NC2CC2)n1. The topological polar surface area (TPSA) is 80.0 Å². The second kappa shape index (κ2) is 5.32. The van der Waals surface area contributed by atoms with Gasteiger partial charge in [0.05, 0.1) is 12.8 Å². The van der Waals surface area contributed by atoms with Crippen molar-refractivity contribution in [1.29, 1.82) is 0 Å². The molecule has 6 nitrogen and oxygen atoms in total. The number of hydrogen-bond acceptors (Lipinski definition) is 5. The van der Waals surface area contributed by atoms with Gasteiger partial charge < -0.3 is 15.1 Å². The third-order valence-corrected chi connectivity index (χ3v) is 3.00. The highest BCUT2D eigenvalue weighted by Crippen LogP contribution is 2.23. The molecule has 1 aliphatic rings. The Bertz CT molecular complexity index is 606. The van der Waals surface area contributed by atoms with Crippen LogP contribution in [0.4, 0.5) is 5.95 Å². The van der Waals surface area contributed by atoms with Crippen LogP contribution in [-0.2, 0) is 6.54 Å². The molecular weight excluding hydrogens is 256 g/mol. The Morgan fingerprint density at radius 1 is 1.45 bits per heavy atom. The molecule has 2 heterocycles. The maximum Gasteiger partial charge on any atom is 0.270 e. The highest BCUT2D eigenvalue weighted by Gasteiger charge is 2.22. The van der Waals surface area contributed by atoms with E-state index < -0.39 is 0 Å². The Morgan fingerprint density at radius 2 is 2.30 bits per heavy atom. The molecule has 2 N–H and O–H groups in total. The van der Waals surface area contributed by atoms with Crippen molar-refractivity contribution >= 4 is 11.9 Å². The number of hydrogen-bond donors (Lipinski definition) is 2. The molecule has 0 spiro atoms. The second-order valence-corrected chi connectivity index (χ2v) is 4.90. The number of nitrogens with zero attached hydrogens (tertiary/aromatic N) is 2. The summed E-state index contributed by atoms with van der Waals surface area (Å²) >= 11 is 0. The first-order valence-corrected chi connectivity index (χ1v) is 6.63. The quantitative estimate of drug-likeness (QED) is 0.868. The Balaban J connectivity index is 1.68. The van der Waals surface area contributed by atoms with Gasteiger partial charge in [-0.05, 0) is 38.0 Å². The Labute approximate surface area is 116 Å². The third-order valence-electron chi connectivity index (χ3n) is 3.00. The van der Waals surface area contributed by atoms with Crippen molar-refractivity contribution in [2.75, 3.05) is 5.32 Å². The van der Waals surface area contributed by atoms with E-state index >= 15 is 0 Å². The van der Waals surface area contributed by atoms with Crippen molar-refractivity contribution in [3.8, 4) is 0 Å². The van der Waals surface area contributed by atoms with Crippen LogP contribution in [-0.4, -0.2) is 21.9 Å². The maximum atomic E-state index is 12.1. The second-order valence-electron chi connectivity index (χ2n) is 4.90. The van der Waals surface area contributed by atoms with Crippen molar-refractivity contribution < 1.29 is 9.21 Å². The number of amides is 1. The zero-order chi connectivity index (χ0) is 13.9. The van der Waals surface area contributed by atoms with Crippen molar-refractivity contribution in [1.82, 2.24) is 15.3 Å². The van der Waals surface area contributed by atoms with Gasteiger partial charge in [0.1, 0.15) is 11.5 Å². The molecule has 0 bridgehead atoms. The summed E-state index contributed by atoms with van der Waals surface area (Å²) in [7, 11) is 0. The van der Waals surface area contributed by atoms with Gasteiger partial charge in [0.2, 0.25) is 5.95 Å². The fraction of sp³-hybridized carbons (Fsp3) is 0.357. The van der Waals surface area contributed by atoms with Crippen molar-refractivity contribution in [2.45, 2.75) is 32.4 Å². The summed E-state index contributed by atoms with van der Waals surface area (Å²) < 4.78 is 5.17. The first-order chi connectivity index (χ1) is 9.70. The minimum atomic E-state index is -0.231. The number of aryl methyl sites for hydroxylation is 1. The van der Waals surface area contributed by atoms with Crippen LogP contribution in [0.15, 0.2) is 28.9 Å². The monoisotopic (exact) mass is 272 g/mol. The van der Waals surface area contributed by atoms with Crippen LogP contribution >= 0.6 is 0 Å². The Hall–Kier alpha value is -2.37. The molecule has 1 saturated carbocycles. The molecule has 2 aromatic heterocycles. The van der Waals surface area contributed by atoms with Gasteiger partial charge in [-0.2, -0.15) is 0 Å². The first-order valence-electron chi connectivity index (χ1n) is 6.63. The van der Waals surface area contributed by atoms with E-state index in [-0.39, 0.29) is 5.91 Å². The van der Waals surface area contributed by atoms with E-state index in [1.165, 1.54) is 0 Å². The van der Waals surface area contributed by atoms with Gasteiger partial charge in [0.25, 0.3) is 5.91 Å². The number of nitrogens with one attached hydrogen (secondary N) is 2. The predicted octanol–water partition coefficient (Wildman–Crippen LogP) is 1.88. The molecule has 6 heteroatoms.